The maximum absolute atomic E-state index is 11.2. The summed E-state index contributed by atoms with van der Waals surface area (Å²) < 4.78 is 3.55. The number of carbonyl (C=O) groups is 2. The van der Waals surface area contributed by atoms with Gasteiger partial charge < -0.3 is 10.4 Å². The largest absolute Gasteiger partial charge is 0.480 e. The van der Waals surface area contributed by atoms with Crippen LogP contribution in [-0.4, -0.2) is 33.1 Å². The average molecular weight is 201 g/mol. The molecule has 70 valence electrons. The molecule has 0 saturated carbocycles. The van der Waals surface area contributed by atoms with Crippen molar-refractivity contribution in [3.8, 4) is 0 Å². The number of carbonyl (C=O) groups excluding carboxylic acids is 1. The Kier molecular flexibility index (Phi) is 2.91. The first-order valence-corrected chi connectivity index (χ1v) is 4.17. The lowest BCUT2D eigenvalue weighted by molar-refractivity contribution is -0.135. The summed E-state index contributed by atoms with van der Waals surface area (Å²) in [5.41, 5.74) is 0.507. The Balaban J connectivity index is 2.59. The van der Waals surface area contributed by atoms with Crippen molar-refractivity contribution in [3.05, 3.63) is 10.6 Å². The molecular weight excluding hydrogens is 194 g/mol. The van der Waals surface area contributed by atoms with Gasteiger partial charge in [-0.15, -0.1) is 5.10 Å². The Morgan fingerprint density at radius 1 is 1.62 bits per heavy atom. The van der Waals surface area contributed by atoms with E-state index in [1.165, 1.54) is 0 Å². The molecule has 0 saturated heterocycles. The van der Waals surface area contributed by atoms with Gasteiger partial charge in [-0.1, -0.05) is 4.49 Å². The summed E-state index contributed by atoms with van der Waals surface area (Å²) >= 11 is 0.943. The van der Waals surface area contributed by atoms with Gasteiger partial charge in [0.2, 0.25) is 0 Å². The summed E-state index contributed by atoms with van der Waals surface area (Å²) in [6, 6.07) is 0. The predicted octanol–water partition coefficient (Wildman–Crippen LogP) is -0.339. The molecule has 0 unspecified atom stereocenters. The zero-order valence-corrected chi connectivity index (χ0v) is 7.59. The maximum Gasteiger partial charge on any atom is 0.322 e. The lowest BCUT2D eigenvalue weighted by Crippen LogP contribution is -2.29. The molecule has 1 amide bonds. The molecular formula is C6H7N3O3S. The van der Waals surface area contributed by atoms with Gasteiger partial charge in [-0.05, 0) is 18.5 Å². The molecule has 0 aliphatic heterocycles. The Bertz CT molecular complexity index is 336. The average Bonchev–Trinajstić information content (AvgIpc) is 2.47. The van der Waals surface area contributed by atoms with Crippen molar-refractivity contribution in [3.63, 3.8) is 0 Å². The van der Waals surface area contributed by atoms with Crippen LogP contribution >= 0.6 is 11.5 Å². The Hall–Kier alpha value is -1.50. The highest BCUT2D eigenvalue weighted by Gasteiger charge is 2.13. The number of hydrogen-bond donors (Lipinski definition) is 2. The van der Waals surface area contributed by atoms with Crippen LogP contribution in [0.3, 0.4) is 0 Å². The Morgan fingerprint density at radius 2 is 2.31 bits per heavy atom. The normalized spacial score (nSPS) is 9.62. The lowest BCUT2D eigenvalue weighted by Gasteiger charge is -1.98. The minimum Gasteiger partial charge on any atom is -0.480 e. The summed E-state index contributed by atoms with van der Waals surface area (Å²) in [4.78, 5) is 21.7. The Morgan fingerprint density at radius 3 is 2.77 bits per heavy atom. The molecule has 13 heavy (non-hydrogen) atoms. The molecule has 0 spiro atoms. The standard InChI is InChI=1S/C6H7N3O3S/c1-3-5(13-9-8-3)6(12)7-2-4(10)11/h2H2,1H3,(H,7,12)(H,10,11). The van der Waals surface area contributed by atoms with Crippen molar-refractivity contribution in [2.75, 3.05) is 6.54 Å². The SMILES string of the molecule is Cc1nnsc1C(=O)NCC(=O)O. The third-order valence-corrected chi connectivity index (χ3v) is 2.08. The van der Waals surface area contributed by atoms with Crippen molar-refractivity contribution in [1.82, 2.24) is 14.9 Å². The van der Waals surface area contributed by atoms with E-state index >= 15 is 0 Å². The second kappa shape index (κ2) is 3.94. The van der Waals surface area contributed by atoms with E-state index in [0.29, 0.717) is 10.6 Å². The smallest absolute Gasteiger partial charge is 0.322 e. The molecule has 0 aliphatic carbocycles. The number of rotatable bonds is 3. The van der Waals surface area contributed by atoms with Crippen molar-refractivity contribution < 1.29 is 14.7 Å². The lowest BCUT2D eigenvalue weighted by atomic mass is 10.4. The predicted molar refractivity (Wildman–Crippen MR) is 44.6 cm³/mol. The molecule has 2 N–H and O–H groups in total. The third-order valence-electron chi connectivity index (χ3n) is 1.26. The quantitative estimate of drug-likeness (QED) is 0.698. The minimum atomic E-state index is -1.08. The summed E-state index contributed by atoms with van der Waals surface area (Å²) in [5.74, 6) is -1.53. The van der Waals surface area contributed by atoms with E-state index in [1.807, 2.05) is 0 Å². The fourth-order valence-electron chi connectivity index (χ4n) is 0.676. The van der Waals surface area contributed by atoms with E-state index in [1.54, 1.807) is 6.92 Å². The van der Waals surface area contributed by atoms with E-state index < -0.39 is 18.4 Å². The zero-order valence-electron chi connectivity index (χ0n) is 6.77. The van der Waals surface area contributed by atoms with Gasteiger partial charge in [0.05, 0.1) is 5.69 Å². The minimum absolute atomic E-state index is 0.348. The Labute approximate surface area is 77.7 Å². The van der Waals surface area contributed by atoms with Gasteiger partial charge in [-0.2, -0.15) is 0 Å². The van der Waals surface area contributed by atoms with Gasteiger partial charge in [-0.25, -0.2) is 0 Å². The highest BCUT2D eigenvalue weighted by atomic mass is 32.1. The molecule has 0 fully saturated rings. The van der Waals surface area contributed by atoms with Gasteiger partial charge >= 0.3 is 5.97 Å². The van der Waals surface area contributed by atoms with Gasteiger partial charge in [0.1, 0.15) is 11.4 Å². The van der Waals surface area contributed by atoms with Crippen LogP contribution in [0, 0.1) is 6.92 Å². The molecule has 7 heteroatoms. The van der Waals surface area contributed by atoms with Crippen LogP contribution in [0.25, 0.3) is 0 Å². The molecule has 0 bridgehead atoms. The van der Waals surface area contributed by atoms with E-state index in [-0.39, 0.29) is 0 Å². The number of carboxylic acids is 1. The molecule has 1 heterocycles. The van der Waals surface area contributed by atoms with Crippen LogP contribution in [0.4, 0.5) is 0 Å². The van der Waals surface area contributed by atoms with Crippen molar-refractivity contribution in [2.45, 2.75) is 6.92 Å². The van der Waals surface area contributed by atoms with Crippen molar-refractivity contribution in [2.24, 2.45) is 0 Å². The summed E-state index contributed by atoms with van der Waals surface area (Å²) in [6.07, 6.45) is 0. The van der Waals surface area contributed by atoms with E-state index in [4.69, 9.17) is 5.11 Å². The molecule has 0 radical (unpaired) electrons. The monoisotopic (exact) mass is 201 g/mol. The third kappa shape index (κ3) is 2.48. The highest BCUT2D eigenvalue weighted by molar-refractivity contribution is 7.08. The number of aliphatic carboxylic acids is 1. The maximum atomic E-state index is 11.2. The second-order valence-electron chi connectivity index (χ2n) is 2.26. The van der Waals surface area contributed by atoms with Crippen LogP contribution in [0.2, 0.25) is 0 Å². The van der Waals surface area contributed by atoms with Gasteiger partial charge in [0, 0.05) is 0 Å². The van der Waals surface area contributed by atoms with Crippen LogP contribution in [0.5, 0.6) is 0 Å². The summed E-state index contributed by atoms with van der Waals surface area (Å²) in [5, 5.41) is 14.1. The number of nitrogens with one attached hydrogen (secondary N) is 1. The van der Waals surface area contributed by atoms with Gasteiger partial charge in [0.15, 0.2) is 0 Å². The number of carboxylic acid groups (broad SMARTS) is 1. The van der Waals surface area contributed by atoms with Gasteiger partial charge in [0.25, 0.3) is 5.91 Å². The number of amides is 1. The zero-order chi connectivity index (χ0) is 9.84. The van der Waals surface area contributed by atoms with Crippen LogP contribution in [0.1, 0.15) is 15.4 Å². The molecule has 1 aromatic rings. The van der Waals surface area contributed by atoms with E-state index in [9.17, 15) is 9.59 Å². The summed E-state index contributed by atoms with van der Waals surface area (Å²) in [6.45, 7) is 1.25. The first-order valence-electron chi connectivity index (χ1n) is 3.40. The first-order chi connectivity index (χ1) is 6.11. The van der Waals surface area contributed by atoms with Crippen molar-refractivity contribution in [1.29, 1.82) is 0 Å². The molecule has 1 aromatic heterocycles. The van der Waals surface area contributed by atoms with Crippen LogP contribution < -0.4 is 5.32 Å². The fraction of sp³-hybridized carbons (Fsp3) is 0.333. The van der Waals surface area contributed by atoms with E-state index in [0.717, 1.165) is 11.5 Å². The van der Waals surface area contributed by atoms with Gasteiger partial charge in [-0.3, -0.25) is 9.59 Å². The fourth-order valence-corrected chi connectivity index (χ4v) is 1.25. The molecule has 1 rings (SSSR count). The summed E-state index contributed by atoms with van der Waals surface area (Å²) in [7, 11) is 0. The number of aryl methyl sites for hydroxylation is 1. The topological polar surface area (TPSA) is 92.2 Å². The molecule has 0 aliphatic rings. The number of nitrogens with zero attached hydrogens (tertiary/aromatic N) is 2. The highest BCUT2D eigenvalue weighted by Crippen LogP contribution is 2.07. The molecule has 0 atom stereocenters. The second-order valence-corrected chi connectivity index (χ2v) is 3.02. The first kappa shape index (κ1) is 9.59. The molecule has 6 nitrogen and oxygen atoms in total. The number of hydrogen-bond acceptors (Lipinski definition) is 5. The van der Waals surface area contributed by atoms with Crippen LogP contribution in [-0.2, 0) is 4.79 Å². The molecule has 0 aromatic carbocycles. The van der Waals surface area contributed by atoms with Crippen molar-refractivity contribution >= 4 is 23.4 Å². The van der Waals surface area contributed by atoms with E-state index in [2.05, 4.69) is 14.9 Å². The van der Waals surface area contributed by atoms with Crippen LogP contribution in [0.15, 0.2) is 0 Å². The number of aromatic nitrogens is 2.